The van der Waals surface area contributed by atoms with E-state index in [9.17, 15) is 4.79 Å². The van der Waals surface area contributed by atoms with E-state index >= 15 is 0 Å². The van der Waals surface area contributed by atoms with Crippen molar-refractivity contribution in [3.8, 4) is 0 Å². The second-order valence-corrected chi connectivity index (χ2v) is 4.86. The Morgan fingerprint density at radius 3 is 2.57 bits per heavy atom. The summed E-state index contributed by atoms with van der Waals surface area (Å²) in [6.07, 6.45) is 1.04. The SMILES string of the molecule is CC1CN(C(CN)C(=O)O)C(C)(C)C1. The number of nitrogens with two attached hydrogens (primary N) is 1. The molecule has 0 radical (unpaired) electrons. The Bertz CT molecular complexity index is 228. The number of rotatable bonds is 3. The maximum atomic E-state index is 11.0. The molecule has 1 aliphatic rings. The highest BCUT2D eigenvalue weighted by Gasteiger charge is 2.42. The Hall–Kier alpha value is -0.610. The van der Waals surface area contributed by atoms with Crippen LogP contribution in [0.1, 0.15) is 27.2 Å². The molecule has 0 aliphatic carbocycles. The topological polar surface area (TPSA) is 66.6 Å². The van der Waals surface area contributed by atoms with Crippen molar-refractivity contribution in [3.63, 3.8) is 0 Å². The van der Waals surface area contributed by atoms with Gasteiger partial charge in [-0.15, -0.1) is 0 Å². The molecule has 4 heteroatoms. The van der Waals surface area contributed by atoms with Gasteiger partial charge in [-0.2, -0.15) is 0 Å². The summed E-state index contributed by atoms with van der Waals surface area (Å²) in [7, 11) is 0. The lowest BCUT2D eigenvalue weighted by molar-refractivity contribution is -0.144. The van der Waals surface area contributed by atoms with Crippen molar-refractivity contribution in [2.24, 2.45) is 11.7 Å². The molecule has 0 bridgehead atoms. The van der Waals surface area contributed by atoms with Gasteiger partial charge in [-0.1, -0.05) is 6.92 Å². The Kier molecular flexibility index (Phi) is 3.17. The summed E-state index contributed by atoms with van der Waals surface area (Å²) < 4.78 is 0. The third-order valence-electron chi connectivity index (χ3n) is 3.02. The molecule has 1 saturated heterocycles. The van der Waals surface area contributed by atoms with Crippen molar-refractivity contribution in [1.82, 2.24) is 4.90 Å². The highest BCUT2D eigenvalue weighted by atomic mass is 16.4. The van der Waals surface area contributed by atoms with Gasteiger partial charge in [0.15, 0.2) is 0 Å². The first-order chi connectivity index (χ1) is 6.38. The molecule has 1 heterocycles. The van der Waals surface area contributed by atoms with Gasteiger partial charge in [0.2, 0.25) is 0 Å². The van der Waals surface area contributed by atoms with E-state index in [-0.39, 0.29) is 12.1 Å². The first-order valence-electron chi connectivity index (χ1n) is 5.08. The van der Waals surface area contributed by atoms with Gasteiger partial charge >= 0.3 is 5.97 Å². The molecule has 3 N–H and O–H groups in total. The van der Waals surface area contributed by atoms with E-state index in [0.29, 0.717) is 5.92 Å². The third-order valence-corrected chi connectivity index (χ3v) is 3.02. The van der Waals surface area contributed by atoms with Crippen molar-refractivity contribution in [2.75, 3.05) is 13.1 Å². The quantitative estimate of drug-likeness (QED) is 0.697. The molecule has 82 valence electrons. The number of hydrogen-bond acceptors (Lipinski definition) is 3. The Morgan fingerprint density at radius 2 is 2.29 bits per heavy atom. The Balaban J connectivity index is 2.80. The van der Waals surface area contributed by atoms with Crippen molar-refractivity contribution >= 4 is 5.97 Å². The van der Waals surface area contributed by atoms with E-state index in [1.165, 1.54) is 0 Å². The zero-order valence-corrected chi connectivity index (χ0v) is 9.16. The smallest absolute Gasteiger partial charge is 0.322 e. The fraction of sp³-hybridized carbons (Fsp3) is 0.900. The fourth-order valence-corrected chi connectivity index (χ4v) is 2.53. The lowest BCUT2D eigenvalue weighted by Crippen LogP contribution is -2.52. The van der Waals surface area contributed by atoms with Crippen LogP contribution in [0.4, 0.5) is 0 Å². The van der Waals surface area contributed by atoms with Gasteiger partial charge in [-0.3, -0.25) is 9.69 Å². The summed E-state index contributed by atoms with van der Waals surface area (Å²) in [4.78, 5) is 13.0. The zero-order chi connectivity index (χ0) is 10.9. The van der Waals surface area contributed by atoms with Crippen LogP contribution in [0.3, 0.4) is 0 Å². The van der Waals surface area contributed by atoms with E-state index in [4.69, 9.17) is 10.8 Å². The molecule has 0 spiro atoms. The van der Waals surface area contributed by atoms with Crippen molar-refractivity contribution < 1.29 is 9.90 Å². The van der Waals surface area contributed by atoms with Gasteiger partial charge < -0.3 is 10.8 Å². The minimum Gasteiger partial charge on any atom is -0.480 e. The van der Waals surface area contributed by atoms with Crippen LogP contribution in [0.25, 0.3) is 0 Å². The van der Waals surface area contributed by atoms with Crippen LogP contribution in [-0.4, -0.2) is 40.6 Å². The minimum atomic E-state index is -0.810. The standard InChI is InChI=1S/C10H20N2O2/c1-7-4-10(2,3)12(6-7)8(5-11)9(13)14/h7-8H,4-6,11H2,1-3H3,(H,13,14). The summed E-state index contributed by atoms with van der Waals surface area (Å²) in [6.45, 7) is 7.34. The predicted octanol–water partition coefficient (Wildman–Crippen LogP) is 0.519. The zero-order valence-electron chi connectivity index (χ0n) is 9.16. The van der Waals surface area contributed by atoms with Crippen LogP contribution < -0.4 is 5.73 Å². The molecule has 14 heavy (non-hydrogen) atoms. The molecule has 1 aliphatic heterocycles. The highest BCUT2D eigenvalue weighted by molar-refractivity contribution is 5.74. The highest BCUT2D eigenvalue weighted by Crippen LogP contribution is 2.33. The monoisotopic (exact) mass is 200 g/mol. The number of hydrogen-bond donors (Lipinski definition) is 2. The predicted molar refractivity (Wildman–Crippen MR) is 55.0 cm³/mol. The van der Waals surface area contributed by atoms with Gasteiger partial charge in [0.1, 0.15) is 6.04 Å². The molecular formula is C10H20N2O2. The molecular weight excluding hydrogens is 180 g/mol. The average Bonchev–Trinajstić information content (AvgIpc) is 2.26. The molecule has 1 fully saturated rings. The van der Waals surface area contributed by atoms with Crippen molar-refractivity contribution in [1.29, 1.82) is 0 Å². The van der Waals surface area contributed by atoms with Crippen LogP contribution in [0, 0.1) is 5.92 Å². The summed E-state index contributed by atoms with van der Waals surface area (Å²) in [5.41, 5.74) is 5.46. The number of carbonyl (C=O) groups is 1. The lowest BCUT2D eigenvalue weighted by atomic mass is 9.97. The largest absolute Gasteiger partial charge is 0.480 e. The summed E-state index contributed by atoms with van der Waals surface area (Å²) >= 11 is 0. The first kappa shape index (κ1) is 11.5. The third kappa shape index (κ3) is 2.07. The van der Waals surface area contributed by atoms with Gasteiger partial charge in [-0.05, 0) is 26.2 Å². The Morgan fingerprint density at radius 1 is 1.71 bits per heavy atom. The van der Waals surface area contributed by atoms with E-state index < -0.39 is 12.0 Å². The second kappa shape index (κ2) is 3.87. The number of carboxylic acid groups (broad SMARTS) is 1. The van der Waals surface area contributed by atoms with E-state index in [2.05, 4.69) is 20.8 Å². The number of nitrogens with zero attached hydrogens (tertiary/aromatic N) is 1. The summed E-state index contributed by atoms with van der Waals surface area (Å²) in [5, 5.41) is 9.03. The van der Waals surface area contributed by atoms with Crippen LogP contribution in [0.5, 0.6) is 0 Å². The first-order valence-corrected chi connectivity index (χ1v) is 5.08. The van der Waals surface area contributed by atoms with Crippen LogP contribution >= 0.6 is 0 Å². The molecule has 0 amide bonds. The maximum Gasteiger partial charge on any atom is 0.322 e. The maximum absolute atomic E-state index is 11.0. The molecule has 2 atom stereocenters. The van der Waals surface area contributed by atoms with Gasteiger partial charge in [0.25, 0.3) is 0 Å². The number of likely N-dealkylation sites (tertiary alicyclic amines) is 1. The van der Waals surface area contributed by atoms with Crippen LogP contribution in [-0.2, 0) is 4.79 Å². The molecule has 0 aromatic carbocycles. The summed E-state index contributed by atoms with van der Waals surface area (Å²) in [5.74, 6) is -0.256. The molecule has 0 saturated carbocycles. The number of aliphatic carboxylic acids is 1. The van der Waals surface area contributed by atoms with E-state index in [1.54, 1.807) is 0 Å². The minimum absolute atomic E-state index is 0.0398. The summed E-state index contributed by atoms with van der Waals surface area (Å²) in [6, 6.07) is -0.532. The normalized spacial score (nSPS) is 29.0. The lowest BCUT2D eigenvalue weighted by Gasteiger charge is -2.35. The molecule has 0 aromatic rings. The fourth-order valence-electron chi connectivity index (χ4n) is 2.53. The van der Waals surface area contributed by atoms with Crippen LogP contribution in [0.15, 0.2) is 0 Å². The number of carboxylic acids is 1. The molecule has 1 rings (SSSR count). The van der Waals surface area contributed by atoms with Gasteiger partial charge in [-0.25, -0.2) is 0 Å². The van der Waals surface area contributed by atoms with E-state index in [1.807, 2.05) is 4.90 Å². The van der Waals surface area contributed by atoms with Gasteiger partial charge in [0, 0.05) is 18.6 Å². The molecule has 0 aromatic heterocycles. The Labute approximate surface area is 85.1 Å². The second-order valence-electron chi connectivity index (χ2n) is 4.86. The van der Waals surface area contributed by atoms with E-state index in [0.717, 1.165) is 13.0 Å². The van der Waals surface area contributed by atoms with Gasteiger partial charge in [0.05, 0.1) is 0 Å². The van der Waals surface area contributed by atoms with Crippen molar-refractivity contribution in [2.45, 2.75) is 38.8 Å². The van der Waals surface area contributed by atoms with Crippen molar-refractivity contribution in [3.05, 3.63) is 0 Å². The molecule has 4 nitrogen and oxygen atoms in total. The molecule has 2 unspecified atom stereocenters. The average molecular weight is 200 g/mol. The van der Waals surface area contributed by atoms with Crippen LogP contribution in [0.2, 0.25) is 0 Å².